The second-order valence-corrected chi connectivity index (χ2v) is 6.26. The number of nitrogens with zero attached hydrogens (tertiary/aromatic N) is 1. The van der Waals surface area contributed by atoms with Gasteiger partial charge in [0.1, 0.15) is 11.6 Å². The first-order valence-corrected chi connectivity index (χ1v) is 7.75. The zero-order valence-electron chi connectivity index (χ0n) is 13.4. The number of fused-ring (bicyclic) bond motifs is 2. The van der Waals surface area contributed by atoms with Gasteiger partial charge >= 0.3 is 0 Å². The fourth-order valence-corrected chi connectivity index (χ4v) is 3.35. The van der Waals surface area contributed by atoms with Gasteiger partial charge in [-0.05, 0) is 55.3 Å². The molecule has 4 rings (SSSR count). The average Bonchev–Trinajstić information content (AvgIpc) is 3.01. The fourth-order valence-electron chi connectivity index (χ4n) is 3.35. The van der Waals surface area contributed by atoms with E-state index in [1.807, 2.05) is 12.1 Å². The summed E-state index contributed by atoms with van der Waals surface area (Å²) in [6.45, 7) is 4.96. The zero-order valence-corrected chi connectivity index (χ0v) is 13.4. The number of aromatic nitrogens is 2. The summed E-state index contributed by atoms with van der Waals surface area (Å²) in [7, 11) is 0. The Kier molecular flexibility index (Phi) is 2.88. The summed E-state index contributed by atoms with van der Waals surface area (Å²) in [5, 5.41) is 2.34. The Morgan fingerprint density at radius 1 is 1.00 bits per heavy atom. The van der Waals surface area contributed by atoms with Gasteiger partial charge < -0.3 is 21.0 Å². The summed E-state index contributed by atoms with van der Waals surface area (Å²) >= 11 is 0. The molecular formula is C19H20N4. The molecule has 0 unspecified atom stereocenters. The van der Waals surface area contributed by atoms with Gasteiger partial charge in [-0.1, -0.05) is 17.7 Å². The predicted octanol–water partition coefficient (Wildman–Crippen LogP) is 3.95. The quantitative estimate of drug-likeness (QED) is 0.524. The van der Waals surface area contributed by atoms with Gasteiger partial charge in [0, 0.05) is 16.3 Å². The monoisotopic (exact) mass is 304 g/mol. The summed E-state index contributed by atoms with van der Waals surface area (Å²) in [5.41, 5.74) is 18.2. The molecular weight excluding hydrogens is 284 g/mol. The van der Waals surface area contributed by atoms with Gasteiger partial charge in [0.2, 0.25) is 0 Å². The molecule has 0 radical (unpaired) electrons. The van der Waals surface area contributed by atoms with Crippen LogP contribution in [0.5, 0.6) is 0 Å². The van der Waals surface area contributed by atoms with E-state index >= 15 is 0 Å². The molecule has 0 saturated heterocycles. The van der Waals surface area contributed by atoms with Crippen LogP contribution in [0.25, 0.3) is 21.8 Å². The lowest BCUT2D eigenvalue weighted by Gasteiger charge is -2.12. The van der Waals surface area contributed by atoms with Crippen molar-refractivity contribution in [2.75, 3.05) is 11.5 Å². The standard InChI is InChI=1S/C19H20N4/c1-11-3-6-17-13(7-11)8-19(21)23(17)10-15-12(2)4-5-16-14(15)9-18(20)22-16/h3-9,22H,10,20-21H2,1-2H3. The molecule has 0 spiro atoms. The maximum absolute atomic E-state index is 6.28. The Morgan fingerprint density at radius 3 is 2.65 bits per heavy atom. The van der Waals surface area contributed by atoms with E-state index in [0.29, 0.717) is 5.82 Å². The van der Waals surface area contributed by atoms with Crippen molar-refractivity contribution < 1.29 is 0 Å². The molecule has 23 heavy (non-hydrogen) atoms. The molecule has 116 valence electrons. The number of nitrogens with two attached hydrogens (primary N) is 2. The Balaban J connectivity index is 1.91. The summed E-state index contributed by atoms with van der Waals surface area (Å²) in [4.78, 5) is 3.20. The molecule has 0 atom stereocenters. The third-order valence-corrected chi connectivity index (χ3v) is 4.58. The van der Waals surface area contributed by atoms with E-state index in [9.17, 15) is 0 Å². The van der Waals surface area contributed by atoms with E-state index in [1.54, 1.807) is 0 Å². The van der Waals surface area contributed by atoms with Crippen molar-refractivity contribution in [2.45, 2.75) is 20.4 Å². The third kappa shape index (κ3) is 2.14. The summed E-state index contributed by atoms with van der Waals surface area (Å²) in [6.07, 6.45) is 0. The number of hydrogen-bond acceptors (Lipinski definition) is 2. The van der Waals surface area contributed by atoms with E-state index in [1.165, 1.54) is 22.1 Å². The molecule has 0 aliphatic heterocycles. The molecule has 0 fully saturated rings. The highest BCUT2D eigenvalue weighted by atomic mass is 15.0. The van der Waals surface area contributed by atoms with Crippen LogP contribution in [0.1, 0.15) is 16.7 Å². The highest BCUT2D eigenvalue weighted by molar-refractivity contribution is 5.89. The molecule has 0 aliphatic carbocycles. The van der Waals surface area contributed by atoms with E-state index in [2.05, 4.69) is 53.7 Å². The Bertz CT molecular complexity index is 1040. The number of nitrogen functional groups attached to an aromatic ring is 2. The lowest BCUT2D eigenvalue weighted by molar-refractivity contribution is 0.848. The summed E-state index contributed by atoms with van der Waals surface area (Å²) in [6, 6.07) is 14.7. The molecule has 0 aliphatic rings. The fraction of sp³-hybridized carbons (Fsp3) is 0.158. The number of aromatic amines is 1. The maximum atomic E-state index is 6.28. The van der Waals surface area contributed by atoms with Crippen molar-refractivity contribution in [1.29, 1.82) is 0 Å². The molecule has 5 N–H and O–H groups in total. The number of benzene rings is 2. The number of rotatable bonds is 2. The minimum Gasteiger partial charge on any atom is -0.385 e. The van der Waals surface area contributed by atoms with Crippen molar-refractivity contribution in [2.24, 2.45) is 0 Å². The van der Waals surface area contributed by atoms with Crippen LogP contribution in [0.2, 0.25) is 0 Å². The molecule has 4 nitrogen and oxygen atoms in total. The van der Waals surface area contributed by atoms with Crippen LogP contribution in [0.3, 0.4) is 0 Å². The second-order valence-electron chi connectivity index (χ2n) is 6.26. The summed E-state index contributed by atoms with van der Waals surface area (Å²) < 4.78 is 2.17. The first kappa shape index (κ1) is 13.8. The molecule has 0 bridgehead atoms. The van der Waals surface area contributed by atoms with Crippen LogP contribution < -0.4 is 11.5 Å². The number of H-pyrrole nitrogens is 1. The van der Waals surface area contributed by atoms with Crippen molar-refractivity contribution >= 4 is 33.4 Å². The number of aryl methyl sites for hydroxylation is 2. The van der Waals surface area contributed by atoms with Gasteiger partial charge in [-0.25, -0.2) is 0 Å². The van der Waals surface area contributed by atoms with Crippen LogP contribution >= 0.6 is 0 Å². The van der Waals surface area contributed by atoms with Crippen LogP contribution in [0, 0.1) is 13.8 Å². The minimum absolute atomic E-state index is 0.688. The van der Waals surface area contributed by atoms with Crippen molar-refractivity contribution in [3.8, 4) is 0 Å². The highest BCUT2D eigenvalue weighted by Gasteiger charge is 2.12. The molecule has 2 aromatic heterocycles. The van der Waals surface area contributed by atoms with Gasteiger partial charge in [-0.3, -0.25) is 0 Å². The van der Waals surface area contributed by atoms with E-state index < -0.39 is 0 Å². The van der Waals surface area contributed by atoms with Crippen LogP contribution in [0.4, 0.5) is 11.6 Å². The average molecular weight is 304 g/mol. The van der Waals surface area contributed by atoms with E-state index in [-0.39, 0.29) is 0 Å². The van der Waals surface area contributed by atoms with Crippen molar-refractivity contribution in [3.05, 3.63) is 59.2 Å². The van der Waals surface area contributed by atoms with E-state index in [0.717, 1.165) is 28.8 Å². The lowest BCUT2D eigenvalue weighted by Crippen LogP contribution is -2.05. The van der Waals surface area contributed by atoms with Gasteiger partial charge in [0.25, 0.3) is 0 Å². The zero-order chi connectivity index (χ0) is 16.1. The highest BCUT2D eigenvalue weighted by Crippen LogP contribution is 2.29. The molecule has 2 aromatic carbocycles. The lowest BCUT2D eigenvalue weighted by atomic mass is 10.0. The Morgan fingerprint density at radius 2 is 1.83 bits per heavy atom. The predicted molar refractivity (Wildman–Crippen MR) is 97.6 cm³/mol. The van der Waals surface area contributed by atoms with Gasteiger partial charge in [-0.15, -0.1) is 0 Å². The van der Waals surface area contributed by atoms with Gasteiger partial charge in [0.05, 0.1) is 12.1 Å². The normalized spacial score (nSPS) is 11.6. The first-order chi connectivity index (χ1) is 11.0. The number of anilines is 2. The molecule has 0 amide bonds. The van der Waals surface area contributed by atoms with E-state index in [4.69, 9.17) is 11.5 Å². The topological polar surface area (TPSA) is 72.8 Å². The van der Waals surface area contributed by atoms with Crippen molar-refractivity contribution in [3.63, 3.8) is 0 Å². The van der Waals surface area contributed by atoms with Crippen LogP contribution in [-0.4, -0.2) is 9.55 Å². The first-order valence-electron chi connectivity index (χ1n) is 7.75. The van der Waals surface area contributed by atoms with Crippen molar-refractivity contribution in [1.82, 2.24) is 9.55 Å². The van der Waals surface area contributed by atoms with Crippen LogP contribution in [0.15, 0.2) is 42.5 Å². The largest absolute Gasteiger partial charge is 0.385 e. The molecule has 0 saturated carbocycles. The maximum Gasteiger partial charge on any atom is 0.104 e. The summed E-state index contributed by atoms with van der Waals surface area (Å²) in [5.74, 6) is 1.47. The Labute approximate surface area is 134 Å². The molecule has 4 heteroatoms. The van der Waals surface area contributed by atoms with Crippen LogP contribution in [-0.2, 0) is 6.54 Å². The molecule has 2 heterocycles. The third-order valence-electron chi connectivity index (χ3n) is 4.58. The van der Waals surface area contributed by atoms with Gasteiger partial charge in [-0.2, -0.15) is 0 Å². The Hall–Kier alpha value is -2.88. The number of nitrogens with one attached hydrogen (secondary N) is 1. The van der Waals surface area contributed by atoms with Gasteiger partial charge in [0.15, 0.2) is 0 Å². The minimum atomic E-state index is 0.688. The second kappa shape index (κ2) is 4.81. The SMILES string of the molecule is Cc1ccc2c(c1)cc(N)n2Cc1c(C)ccc2[nH]c(N)cc12. The smallest absolute Gasteiger partial charge is 0.104 e. The molecule has 4 aromatic rings. The number of hydrogen-bond donors (Lipinski definition) is 3.